The first-order valence-corrected chi connectivity index (χ1v) is 3.99. The Morgan fingerprint density at radius 2 is 2.42 bits per heavy atom. The summed E-state index contributed by atoms with van der Waals surface area (Å²) in [5.74, 6) is 2.68. The summed E-state index contributed by atoms with van der Waals surface area (Å²) in [4.78, 5) is 3.10. The maximum Gasteiger partial charge on any atom is 0.0744 e. The molecule has 0 radical (unpaired) electrons. The minimum atomic E-state index is -0.231. The molecule has 0 amide bonds. The standard InChI is InChI=1S/C10H14N2/c1-4-10(2,3)12-8-9-6-5-7-11-9/h1,5-7,11-12H,8H2,2-3H3. The molecular weight excluding hydrogens is 148 g/mol. The van der Waals surface area contributed by atoms with Gasteiger partial charge in [0.1, 0.15) is 0 Å². The van der Waals surface area contributed by atoms with E-state index in [9.17, 15) is 0 Å². The van der Waals surface area contributed by atoms with Gasteiger partial charge in [0.15, 0.2) is 0 Å². The van der Waals surface area contributed by atoms with E-state index >= 15 is 0 Å². The molecule has 1 aromatic rings. The highest BCUT2D eigenvalue weighted by Crippen LogP contribution is 2.01. The van der Waals surface area contributed by atoms with Crippen LogP contribution in [0.4, 0.5) is 0 Å². The lowest BCUT2D eigenvalue weighted by molar-refractivity contribution is 0.487. The van der Waals surface area contributed by atoms with Crippen LogP contribution in [0.1, 0.15) is 19.5 Å². The largest absolute Gasteiger partial charge is 0.364 e. The zero-order chi connectivity index (χ0) is 9.03. The van der Waals surface area contributed by atoms with E-state index in [4.69, 9.17) is 6.42 Å². The molecule has 1 heterocycles. The summed E-state index contributed by atoms with van der Waals surface area (Å²) in [5.41, 5.74) is 0.920. The van der Waals surface area contributed by atoms with Gasteiger partial charge in [-0.25, -0.2) is 0 Å². The van der Waals surface area contributed by atoms with Gasteiger partial charge in [0.2, 0.25) is 0 Å². The quantitative estimate of drug-likeness (QED) is 0.648. The van der Waals surface area contributed by atoms with Crippen molar-refractivity contribution >= 4 is 0 Å². The lowest BCUT2D eigenvalue weighted by Gasteiger charge is -2.18. The second-order valence-corrected chi connectivity index (χ2v) is 3.32. The second kappa shape index (κ2) is 3.46. The summed E-state index contributed by atoms with van der Waals surface area (Å²) in [5, 5.41) is 3.24. The Bertz CT molecular complexity index is 265. The number of hydrogen-bond donors (Lipinski definition) is 2. The van der Waals surface area contributed by atoms with Gasteiger partial charge in [-0.3, -0.25) is 5.32 Å². The lowest BCUT2D eigenvalue weighted by atomic mass is 10.1. The molecule has 0 aliphatic carbocycles. The van der Waals surface area contributed by atoms with E-state index in [0.717, 1.165) is 12.2 Å². The van der Waals surface area contributed by atoms with Crippen LogP contribution in [-0.2, 0) is 6.54 Å². The van der Waals surface area contributed by atoms with Crippen molar-refractivity contribution in [2.75, 3.05) is 0 Å². The zero-order valence-corrected chi connectivity index (χ0v) is 7.52. The molecule has 2 heteroatoms. The number of aromatic nitrogens is 1. The lowest BCUT2D eigenvalue weighted by Crippen LogP contribution is -2.36. The smallest absolute Gasteiger partial charge is 0.0744 e. The maximum atomic E-state index is 5.32. The summed E-state index contributed by atoms with van der Waals surface area (Å²) in [6.45, 7) is 4.75. The Kier molecular flexibility index (Phi) is 2.57. The van der Waals surface area contributed by atoms with Crippen LogP contribution in [0.5, 0.6) is 0 Å². The molecule has 1 rings (SSSR count). The number of hydrogen-bond acceptors (Lipinski definition) is 1. The molecule has 1 aromatic heterocycles. The minimum Gasteiger partial charge on any atom is -0.364 e. The van der Waals surface area contributed by atoms with E-state index in [1.165, 1.54) is 0 Å². The Labute approximate surface area is 73.4 Å². The maximum absolute atomic E-state index is 5.32. The molecule has 0 aliphatic rings. The van der Waals surface area contributed by atoms with Gasteiger partial charge in [-0.2, -0.15) is 0 Å². The van der Waals surface area contributed by atoms with Crippen molar-refractivity contribution in [2.24, 2.45) is 0 Å². The van der Waals surface area contributed by atoms with Gasteiger partial charge in [0.05, 0.1) is 5.54 Å². The number of aromatic amines is 1. The van der Waals surface area contributed by atoms with E-state index < -0.39 is 0 Å². The second-order valence-electron chi connectivity index (χ2n) is 3.32. The summed E-state index contributed by atoms with van der Waals surface area (Å²) in [6.07, 6.45) is 7.23. The van der Waals surface area contributed by atoms with Gasteiger partial charge >= 0.3 is 0 Å². The normalized spacial score (nSPS) is 11.1. The first-order valence-electron chi connectivity index (χ1n) is 3.99. The molecule has 12 heavy (non-hydrogen) atoms. The molecule has 2 nitrogen and oxygen atoms in total. The van der Waals surface area contributed by atoms with Crippen LogP contribution in [0.25, 0.3) is 0 Å². The van der Waals surface area contributed by atoms with Gasteiger partial charge in [0, 0.05) is 18.4 Å². The molecule has 64 valence electrons. The summed E-state index contributed by atoms with van der Waals surface area (Å²) >= 11 is 0. The fourth-order valence-corrected chi connectivity index (χ4v) is 0.845. The van der Waals surface area contributed by atoms with Gasteiger partial charge in [-0.15, -0.1) is 6.42 Å². The topological polar surface area (TPSA) is 27.8 Å². The van der Waals surface area contributed by atoms with Crippen LogP contribution in [0, 0.1) is 12.3 Å². The van der Waals surface area contributed by atoms with Crippen LogP contribution in [-0.4, -0.2) is 10.5 Å². The fraction of sp³-hybridized carbons (Fsp3) is 0.400. The van der Waals surface area contributed by atoms with Crippen LogP contribution in [0.15, 0.2) is 18.3 Å². The molecule has 0 aliphatic heterocycles. The number of rotatable bonds is 3. The molecule has 2 N–H and O–H groups in total. The van der Waals surface area contributed by atoms with Gasteiger partial charge in [-0.05, 0) is 26.0 Å². The van der Waals surface area contributed by atoms with Crippen molar-refractivity contribution in [1.82, 2.24) is 10.3 Å². The highest BCUT2D eigenvalue weighted by molar-refractivity contribution is 5.10. The third kappa shape index (κ3) is 2.44. The first kappa shape index (κ1) is 8.89. The van der Waals surface area contributed by atoms with Crippen molar-refractivity contribution in [3.63, 3.8) is 0 Å². The van der Waals surface area contributed by atoms with Gasteiger partial charge in [0.25, 0.3) is 0 Å². The Morgan fingerprint density at radius 3 is 2.92 bits per heavy atom. The zero-order valence-electron chi connectivity index (χ0n) is 7.52. The summed E-state index contributed by atoms with van der Waals surface area (Å²) in [6, 6.07) is 4.00. The van der Waals surface area contributed by atoms with Crippen molar-refractivity contribution in [1.29, 1.82) is 0 Å². The summed E-state index contributed by atoms with van der Waals surface area (Å²) < 4.78 is 0. The third-order valence-electron chi connectivity index (χ3n) is 1.74. The Hall–Kier alpha value is -1.20. The average Bonchev–Trinajstić information content (AvgIpc) is 2.53. The van der Waals surface area contributed by atoms with Gasteiger partial charge in [-0.1, -0.05) is 5.92 Å². The minimum absolute atomic E-state index is 0.231. The number of terminal acetylenes is 1. The number of H-pyrrole nitrogens is 1. The number of nitrogens with one attached hydrogen (secondary N) is 2. The fourth-order valence-electron chi connectivity index (χ4n) is 0.845. The van der Waals surface area contributed by atoms with E-state index in [0.29, 0.717) is 0 Å². The van der Waals surface area contributed by atoms with Crippen molar-refractivity contribution in [2.45, 2.75) is 25.9 Å². The van der Waals surface area contributed by atoms with Crippen LogP contribution in [0.3, 0.4) is 0 Å². The molecular formula is C10H14N2. The highest BCUT2D eigenvalue weighted by Gasteiger charge is 2.11. The van der Waals surface area contributed by atoms with Gasteiger partial charge < -0.3 is 4.98 Å². The molecule has 0 fully saturated rings. The summed E-state index contributed by atoms with van der Waals surface area (Å²) in [7, 11) is 0. The molecule has 0 spiro atoms. The Morgan fingerprint density at radius 1 is 1.67 bits per heavy atom. The van der Waals surface area contributed by atoms with Crippen molar-refractivity contribution in [3.05, 3.63) is 24.0 Å². The van der Waals surface area contributed by atoms with Crippen LogP contribution < -0.4 is 5.32 Å². The predicted molar refractivity (Wildman–Crippen MR) is 50.5 cm³/mol. The van der Waals surface area contributed by atoms with Crippen LogP contribution in [0.2, 0.25) is 0 Å². The van der Waals surface area contributed by atoms with Crippen molar-refractivity contribution in [3.8, 4) is 12.3 Å². The van der Waals surface area contributed by atoms with Crippen LogP contribution >= 0.6 is 0 Å². The molecule has 0 saturated carbocycles. The van der Waals surface area contributed by atoms with E-state index in [2.05, 4.69) is 16.2 Å². The highest BCUT2D eigenvalue weighted by atomic mass is 15.0. The molecule has 0 bridgehead atoms. The average molecular weight is 162 g/mol. The predicted octanol–water partition coefficient (Wildman–Crippen LogP) is 1.52. The van der Waals surface area contributed by atoms with Crippen molar-refractivity contribution < 1.29 is 0 Å². The SMILES string of the molecule is C#CC(C)(C)NCc1ccc[nH]1. The first-order chi connectivity index (χ1) is 5.64. The van der Waals surface area contributed by atoms with E-state index in [-0.39, 0.29) is 5.54 Å². The van der Waals surface area contributed by atoms with E-state index in [1.54, 1.807) is 0 Å². The molecule has 0 atom stereocenters. The monoisotopic (exact) mass is 162 g/mol. The Balaban J connectivity index is 2.42. The third-order valence-corrected chi connectivity index (χ3v) is 1.74. The molecule has 0 saturated heterocycles. The molecule has 0 unspecified atom stereocenters. The van der Waals surface area contributed by atoms with E-state index in [1.807, 2.05) is 32.2 Å². The molecule has 0 aromatic carbocycles.